The van der Waals surface area contributed by atoms with Gasteiger partial charge in [-0.2, -0.15) is 0 Å². The molecule has 4 aromatic heterocycles. The van der Waals surface area contributed by atoms with Gasteiger partial charge in [0.25, 0.3) is 0 Å². The molecule has 0 fully saturated rings. The fourth-order valence-corrected chi connectivity index (χ4v) is 10.5. The first-order chi connectivity index (χ1) is 37.9. The number of anilines is 3. The van der Waals surface area contributed by atoms with Gasteiger partial charge in [-0.25, -0.2) is 15.0 Å². The lowest BCUT2D eigenvalue weighted by Crippen LogP contribution is -2.12. The van der Waals surface area contributed by atoms with Gasteiger partial charge in [-0.05, 0) is 151 Å². The van der Waals surface area contributed by atoms with Crippen molar-refractivity contribution in [3.8, 4) is 79.7 Å². The Hall–Kier alpha value is -10.3. The molecule has 11 nitrogen and oxygen atoms in total. The number of fused-ring (bicyclic) bond motifs is 6. The monoisotopic (exact) mass is 1000 g/mol. The number of pyridine rings is 1. The van der Waals surface area contributed by atoms with Crippen molar-refractivity contribution in [2.75, 3.05) is 33.3 Å². The topological polar surface area (TPSA) is 102 Å². The number of hydrogen-bond acceptors (Lipinski definition) is 9. The van der Waals surface area contributed by atoms with Crippen LogP contribution in [-0.2, 0) is 0 Å². The Morgan fingerprint density at radius 2 is 0.649 bits per heavy atom. The van der Waals surface area contributed by atoms with E-state index in [1.54, 1.807) is 28.4 Å². The van der Waals surface area contributed by atoms with Crippen LogP contribution >= 0.6 is 0 Å². The molecular weight excluding hydrogens is 955 g/mol. The van der Waals surface area contributed by atoms with Crippen LogP contribution in [0.15, 0.2) is 225 Å². The van der Waals surface area contributed by atoms with Crippen molar-refractivity contribution in [3.05, 3.63) is 225 Å². The Labute approximate surface area is 444 Å². The van der Waals surface area contributed by atoms with Gasteiger partial charge in [0, 0.05) is 62.0 Å². The minimum atomic E-state index is 0.570. The molecule has 0 unspecified atom stereocenters. The molecule has 0 bridgehead atoms. The van der Waals surface area contributed by atoms with E-state index in [1.165, 1.54) is 0 Å². The predicted molar refractivity (Wildman–Crippen MR) is 309 cm³/mol. The number of benzene rings is 9. The Kier molecular flexibility index (Phi) is 11.8. The van der Waals surface area contributed by atoms with Gasteiger partial charge < -0.3 is 33.0 Å². The molecule has 0 radical (unpaired) electrons. The summed E-state index contributed by atoms with van der Waals surface area (Å²) >= 11 is 0. The third-order valence-corrected chi connectivity index (χ3v) is 14.2. The van der Waals surface area contributed by atoms with E-state index in [4.69, 9.17) is 33.9 Å². The fourth-order valence-electron chi connectivity index (χ4n) is 10.5. The second-order valence-electron chi connectivity index (χ2n) is 18.6. The molecule has 0 aliphatic rings. The molecule has 13 aromatic rings. The number of nitrogens with zero attached hydrogens (tertiary/aromatic N) is 7. The summed E-state index contributed by atoms with van der Waals surface area (Å²) in [5.74, 6) is 4.82. The lowest BCUT2D eigenvalue weighted by molar-refractivity contribution is 0.415. The first kappa shape index (κ1) is 46.5. The van der Waals surface area contributed by atoms with Gasteiger partial charge in [0.15, 0.2) is 17.5 Å². The molecule has 0 aliphatic heterocycles. The molecule has 0 atom stereocenters. The van der Waals surface area contributed by atoms with Gasteiger partial charge in [-0.1, -0.05) is 72.8 Å². The van der Waals surface area contributed by atoms with E-state index >= 15 is 0 Å². The van der Waals surface area contributed by atoms with E-state index in [0.717, 1.165) is 123 Å². The summed E-state index contributed by atoms with van der Waals surface area (Å²) in [6.07, 6.45) is 3.65. The molecule has 0 N–H and O–H groups in total. The van der Waals surface area contributed by atoms with Crippen molar-refractivity contribution in [1.29, 1.82) is 0 Å². The van der Waals surface area contributed by atoms with Crippen LogP contribution in [0.4, 0.5) is 17.1 Å². The van der Waals surface area contributed by atoms with Crippen LogP contribution in [-0.4, -0.2) is 57.5 Å². The SMILES string of the molecule is COc1ccc2c(c1)c1cc(OC)ccc1n2-c1cc(N(c2ccc(-c3ccncc3)cc2)c2ccc(-c3nc(-c4ccccc4)nc(-c4ccccc4)n3)cc2)cc(-n2c3ccc(OC)cc3c3cc(OC)ccc32)c1. The standard InChI is InChI=1S/C66H49N7O4/c1-74-52-23-27-60-56(38-52)57-39-53(75-2)24-28-61(57)72(60)50-35-49(36-51(37-50)73-62-29-25-54(76-3)40-58(62)59-41-55(77-4)26-30-63(59)73)71(47-19-15-42(16-20-47)43-31-33-67-34-32-43)48-21-17-46(18-22-48)66-69-64(44-11-7-5-8-12-44)68-65(70-66)45-13-9-6-10-14-45/h5-41H,1-4H3. The van der Waals surface area contributed by atoms with E-state index in [0.29, 0.717) is 17.5 Å². The Morgan fingerprint density at radius 3 is 1.01 bits per heavy atom. The molecule has 0 spiro atoms. The summed E-state index contributed by atoms with van der Waals surface area (Å²) in [4.78, 5) is 21.7. The van der Waals surface area contributed by atoms with Crippen molar-refractivity contribution < 1.29 is 18.9 Å². The highest BCUT2D eigenvalue weighted by Gasteiger charge is 2.23. The fraction of sp³-hybridized carbons (Fsp3) is 0.0606. The van der Waals surface area contributed by atoms with Crippen molar-refractivity contribution >= 4 is 60.7 Å². The minimum Gasteiger partial charge on any atom is -0.497 e. The summed E-state index contributed by atoms with van der Waals surface area (Å²) in [5, 5.41) is 4.13. The number of rotatable bonds is 13. The minimum absolute atomic E-state index is 0.570. The lowest BCUT2D eigenvalue weighted by atomic mass is 10.1. The van der Waals surface area contributed by atoms with Gasteiger partial charge in [0.2, 0.25) is 0 Å². The average Bonchev–Trinajstić information content (AvgIpc) is 4.04. The smallest absolute Gasteiger partial charge is 0.164 e. The Balaban J connectivity index is 1.06. The molecule has 4 heterocycles. The van der Waals surface area contributed by atoms with Gasteiger partial charge in [-0.3, -0.25) is 4.98 Å². The van der Waals surface area contributed by atoms with Gasteiger partial charge >= 0.3 is 0 Å². The summed E-state index contributed by atoms with van der Waals surface area (Å²) in [7, 11) is 6.80. The molecule has 0 saturated carbocycles. The number of ether oxygens (including phenoxy) is 4. The third-order valence-electron chi connectivity index (χ3n) is 14.2. The van der Waals surface area contributed by atoms with Crippen LogP contribution in [0.3, 0.4) is 0 Å². The van der Waals surface area contributed by atoms with Gasteiger partial charge in [-0.15, -0.1) is 0 Å². The van der Waals surface area contributed by atoms with E-state index in [1.807, 2.05) is 109 Å². The van der Waals surface area contributed by atoms with E-state index in [2.05, 4.69) is 134 Å². The van der Waals surface area contributed by atoms with Crippen LogP contribution in [0.5, 0.6) is 23.0 Å². The third kappa shape index (κ3) is 8.45. The van der Waals surface area contributed by atoms with Crippen molar-refractivity contribution in [3.63, 3.8) is 0 Å². The zero-order chi connectivity index (χ0) is 52.0. The molecule has 11 heteroatoms. The highest BCUT2D eigenvalue weighted by atomic mass is 16.5. The molecule has 0 amide bonds. The van der Waals surface area contributed by atoms with Crippen LogP contribution in [0, 0.1) is 0 Å². The van der Waals surface area contributed by atoms with Crippen molar-refractivity contribution in [2.45, 2.75) is 0 Å². The first-order valence-electron chi connectivity index (χ1n) is 25.2. The average molecular weight is 1000 g/mol. The van der Waals surface area contributed by atoms with Crippen molar-refractivity contribution in [2.24, 2.45) is 0 Å². The molecule has 77 heavy (non-hydrogen) atoms. The van der Waals surface area contributed by atoms with Crippen LogP contribution in [0.2, 0.25) is 0 Å². The van der Waals surface area contributed by atoms with E-state index in [9.17, 15) is 0 Å². The van der Waals surface area contributed by atoms with Gasteiger partial charge in [0.05, 0.1) is 67.6 Å². The zero-order valence-corrected chi connectivity index (χ0v) is 42.6. The summed E-state index contributed by atoms with van der Waals surface area (Å²) in [5.41, 5.74) is 13.5. The molecule has 9 aromatic carbocycles. The maximum atomic E-state index is 5.82. The molecule has 0 saturated heterocycles. The highest BCUT2D eigenvalue weighted by Crippen LogP contribution is 2.44. The van der Waals surface area contributed by atoms with E-state index < -0.39 is 0 Å². The summed E-state index contributed by atoms with van der Waals surface area (Å²) < 4.78 is 27.9. The second kappa shape index (κ2) is 19.5. The molecule has 13 rings (SSSR count). The molecule has 0 aliphatic carbocycles. The number of aromatic nitrogens is 6. The van der Waals surface area contributed by atoms with Crippen molar-refractivity contribution in [1.82, 2.24) is 29.1 Å². The summed E-state index contributed by atoms with van der Waals surface area (Å²) in [6, 6.07) is 73.1. The van der Waals surface area contributed by atoms with Gasteiger partial charge in [0.1, 0.15) is 23.0 Å². The number of methoxy groups -OCH3 is 4. The second-order valence-corrected chi connectivity index (χ2v) is 18.6. The quantitative estimate of drug-likeness (QED) is 0.112. The van der Waals surface area contributed by atoms with Crippen LogP contribution in [0.1, 0.15) is 0 Å². The first-order valence-corrected chi connectivity index (χ1v) is 25.2. The van der Waals surface area contributed by atoms with Crippen LogP contribution < -0.4 is 23.8 Å². The maximum absolute atomic E-state index is 5.82. The lowest BCUT2D eigenvalue weighted by Gasteiger charge is -2.28. The number of hydrogen-bond donors (Lipinski definition) is 0. The highest BCUT2D eigenvalue weighted by molar-refractivity contribution is 6.12. The largest absolute Gasteiger partial charge is 0.497 e. The Bertz CT molecular complexity index is 3990. The molecular formula is C66H49N7O4. The van der Waals surface area contributed by atoms with Crippen LogP contribution in [0.25, 0.3) is 100 Å². The Morgan fingerprint density at radius 1 is 0.312 bits per heavy atom. The van der Waals surface area contributed by atoms with E-state index in [-0.39, 0.29) is 0 Å². The molecule has 372 valence electrons. The predicted octanol–water partition coefficient (Wildman–Crippen LogP) is 15.6. The summed E-state index contributed by atoms with van der Waals surface area (Å²) in [6.45, 7) is 0. The zero-order valence-electron chi connectivity index (χ0n) is 42.6. The maximum Gasteiger partial charge on any atom is 0.164 e. The normalized spacial score (nSPS) is 11.4.